The summed E-state index contributed by atoms with van der Waals surface area (Å²) >= 11 is 0. The van der Waals surface area contributed by atoms with Gasteiger partial charge in [0.2, 0.25) is 5.91 Å². The van der Waals surface area contributed by atoms with Crippen molar-refractivity contribution >= 4 is 5.91 Å². The second kappa shape index (κ2) is 7.70. The lowest BCUT2D eigenvalue weighted by atomic mass is 10.0. The predicted octanol–water partition coefficient (Wildman–Crippen LogP) is 2.46. The molecule has 0 heterocycles. The van der Waals surface area contributed by atoms with Crippen molar-refractivity contribution in [3.8, 4) is 0 Å². The van der Waals surface area contributed by atoms with Gasteiger partial charge in [0, 0.05) is 12.1 Å². The molecule has 1 amide bonds. The molecule has 0 aromatic heterocycles. The Morgan fingerprint density at radius 1 is 1.29 bits per heavy atom. The van der Waals surface area contributed by atoms with E-state index in [4.69, 9.17) is 0 Å². The van der Waals surface area contributed by atoms with Gasteiger partial charge in [-0.2, -0.15) is 0 Å². The van der Waals surface area contributed by atoms with Crippen LogP contribution in [0.4, 0.5) is 0 Å². The zero-order valence-corrected chi connectivity index (χ0v) is 11.6. The minimum Gasteiger partial charge on any atom is -0.352 e. The standard InChI is InChI=1S/C14H28N2O/c1-4-11(2)9-12(3)15-10-14(17)16-13-7-5-6-8-13/h11-13,15H,4-10H2,1-3H3,(H,16,17). The van der Waals surface area contributed by atoms with Crippen molar-refractivity contribution in [2.75, 3.05) is 6.54 Å². The largest absolute Gasteiger partial charge is 0.352 e. The molecule has 17 heavy (non-hydrogen) atoms. The molecule has 0 aromatic rings. The van der Waals surface area contributed by atoms with Gasteiger partial charge in [-0.15, -0.1) is 0 Å². The number of carbonyl (C=O) groups excluding carboxylic acids is 1. The number of hydrogen-bond acceptors (Lipinski definition) is 2. The molecule has 0 spiro atoms. The Bertz CT molecular complexity index is 224. The van der Waals surface area contributed by atoms with Crippen molar-refractivity contribution in [3.63, 3.8) is 0 Å². The summed E-state index contributed by atoms with van der Waals surface area (Å²) in [5.41, 5.74) is 0. The maximum Gasteiger partial charge on any atom is 0.234 e. The van der Waals surface area contributed by atoms with Crippen LogP contribution in [0.1, 0.15) is 59.3 Å². The SMILES string of the molecule is CCC(C)CC(C)NCC(=O)NC1CCCC1. The average molecular weight is 240 g/mol. The minimum absolute atomic E-state index is 0.160. The number of nitrogens with one attached hydrogen (secondary N) is 2. The Balaban J connectivity index is 2.09. The van der Waals surface area contributed by atoms with E-state index in [9.17, 15) is 4.79 Å². The van der Waals surface area contributed by atoms with Crippen molar-refractivity contribution in [2.45, 2.75) is 71.4 Å². The van der Waals surface area contributed by atoms with E-state index in [1.807, 2.05) is 0 Å². The molecule has 0 radical (unpaired) electrons. The first kappa shape index (κ1) is 14.5. The maximum absolute atomic E-state index is 11.7. The summed E-state index contributed by atoms with van der Waals surface area (Å²) in [6, 6.07) is 0.869. The van der Waals surface area contributed by atoms with E-state index in [0.717, 1.165) is 25.2 Å². The van der Waals surface area contributed by atoms with Crippen LogP contribution in [0.3, 0.4) is 0 Å². The Labute approximate surface area is 106 Å². The second-order valence-corrected chi connectivity index (χ2v) is 5.58. The molecule has 3 nitrogen and oxygen atoms in total. The van der Waals surface area contributed by atoms with E-state index < -0.39 is 0 Å². The van der Waals surface area contributed by atoms with Crippen molar-refractivity contribution < 1.29 is 4.79 Å². The normalized spacial score (nSPS) is 20.2. The lowest BCUT2D eigenvalue weighted by Gasteiger charge is -2.18. The second-order valence-electron chi connectivity index (χ2n) is 5.58. The number of rotatable bonds is 7. The van der Waals surface area contributed by atoms with Gasteiger partial charge in [-0.1, -0.05) is 33.1 Å². The Morgan fingerprint density at radius 3 is 2.53 bits per heavy atom. The van der Waals surface area contributed by atoms with E-state index in [0.29, 0.717) is 18.6 Å². The smallest absolute Gasteiger partial charge is 0.234 e. The summed E-state index contributed by atoms with van der Waals surface area (Å²) in [5.74, 6) is 0.892. The summed E-state index contributed by atoms with van der Waals surface area (Å²) in [4.78, 5) is 11.7. The Kier molecular flexibility index (Phi) is 6.56. The van der Waals surface area contributed by atoms with Crippen LogP contribution in [0.15, 0.2) is 0 Å². The Hall–Kier alpha value is -0.570. The molecular formula is C14H28N2O. The summed E-state index contributed by atoms with van der Waals surface area (Å²) in [6.45, 7) is 7.10. The summed E-state index contributed by atoms with van der Waals surface area (Å²) in [5, 5.41) is 6.41. The first-order chi connectivity index (χ1) is 8.11. The van der Waals surface area contributed by atoms with Gasteiger partial charge >= 0.3 is 0 Å². The lowest BCUT2D eigenvalue weighted by molar-refractivity contribution is -0.121. The van der Waals surface area contributed by atoms with Gasteiger partial charge in [-0.3, -0.25) is 4.79 Å². The molecule has 1 fully saturated rings. The van der Waals surface area contributed by atoms with E-state index >= 15 is 0 Å². The maximum atomic E-state index is 11.7. The third-order valence-electron chi connectivity index (χ3n) is 3.78. The highest BCUT2D eigenvalue weighted by molar-refractivity contribution is 5.78. The summed E-state index contributed by atoms with van der Waals surface area (Å²) < 4.78 is 0. The summed E-state index contributed by atoms with van der Waals surface area (Å²) in [6.07, 6.45) is 7.21. The van der Waals surface area contributed by atoms with Gasteiger partial charge in [-0.05, 0) is 32.1 Å². The van der Waals surface area contributed by atoms with Crippen LogP contribution in [0, 0.1) is 5.92 Å². The number of amides is 1. The fraction of sp³-hybridized carbons (Fsp3) is 0.929. The number of carbonyl (C=O) groups is 1. The van der Waals surface area contributed by atoms with Crippen LogP contribution in [-0.4, -0.2) is 24.5 Å². The molecule has 100 valence electrons. The van der Waals surface area contributed by atoms with Gasteiger partial charge in [-0.25, -0.2) is 0 Å². The highest BCUT2D eigenvalue weighted by Gasteiger charge is 2.17. The third kappa shape index (κ3) is 6.06. The molecule has 2 atom stereocenters. The molecular weight excluding hydrogens is 212 g/mol. The van der Waals surface area contributed by atoms with Crippen molar-refractivity contribution in [2.24, 2.45) is 5.92 Å². The van der Waals surface area contributed by atoms with E-state index in [-0.39, 0.29) is 5.91 Å². The molecule has 1 aliphatic rings. The monoisotopic (exact) mass is 240 g/mol. The van der Waals surface area contributed by atoms with Gasteiger partial charge in [0.1, 0.15) is 0 Å². The van der Waals surface area contributed by atoms with Crippen molar-refractivity contribution in [1.29, 1.82) is 0 Å². The average Bonchev–Trinajstić information content (AvgIpc) is 2.79. The van der Waals surface area contributed by atoms with Crippen LogP contribution in [0.5, 0.6) is 0 Å². The van der Waals surface area contributed by atoms with Gasteiger partial charge in [0.25, 0.3) is 0 Å². The molecule has 1 rings (SSSR count). The highest BCUT2D eigenvalue weighted by atomic mass is 16.1. The van der Waals surface area contributed by atoms with Gasteiger partial charge < -0.3 is 10.6 Å². The van der Waals surface area contributed by atoms with Gasteiger partial charge in [0.15, 0.2) is 0 Å². The van der Waals surface area contributed by atoms with Crippen LogP contribution >= 0.6 is 0 Å². The first-order valence-corrected chi connectivity index (χ1v) is 7.14. The zero-order valence-electron chi connectivity index (χ0n) is 11.6. The van der Waals surface area contributed by atoms with Crippen molar-refractivity contribution in [3.05, 3.63) is 0 Å². The van der Waals surface area contributed by atoms with Crippen molar-refractivity contribution in [1.82, 2.24) is 10.6 Å². The molecule has 2 unspecified atom stereocenters. The quantitative estimate of drug-likeness (QED) is 0.717. The molecule has 2 N–H and O–H groups in total. The highest BCUT2D eigenvalue weighted by Crippen LogP contribution is 2.17. The van der Waals surface area contributed by atoms with Crippen LogP contribution in [0.25, 0.3) is 0 Å². The number of hydrogen-bond donors (Lipinski definition) is 2. The van der Waals surface area contributed by atoms with E-state index in [1.165, 1.54) is 19.3 Å². The fourth-order valence-corrected chi connectivity index (χ4v) is 2.47. The lowest BCUT2D eigenvalue weighted by Crippen LogP contribution is -2.42. The Morgan fingerprint density at radius 2 is 1.94 bits per heavy atom. The van der Waals surface area contributed by atoms with Crippen LogP contribution in [-0.2, 0) is 4.79 Å². The molecule has 0 saturated heterocycles. The first-order valence-electron chi connectivity index (χ1n) is 7.14. The van der Waals surface area contributed by atoms with E-state index in [2.05, 4.69) is 31.4 Å². The molecule has 1 saturated carbocycles. The molecule has 0 aromatic carbocycles. The molecule has 0 aliphatic heterocycles. The minimum atomic E-state index is 0.160. The topological polar surface area (TPSA) is 41.1 Å². The van der Waals surface area contributed by atoms with Crippen LogP contribution < -0.4 is 10.6 Å². The van der Waals surface area contributed by atoms with E-state index in [1.54, 1.807) is 0 Å². The van der Waals surface area contributed by atoms with Crippen LogP contribution in [0.2, 0.25) is 0 Å². The van der Waals surface area contributed by atoms with Gasteiger partial charge in [0.05, 0.1) is 6.54 Å². The fourth-order valence-electron chi connectivity index (χ4n) is 2.47. The predicted molar refractivity (Wildman–Crippen MR) is 71.9 cm³/mol. The molecule has 1 aliphatic carbocycles. The third-order valence-corrected chi connectivity index (χ3v) is 3.78. The molecule has 3 heteroatoms. The zero-order chi connectivity index (χ0) is 12.7. The molecule has 0 bridgehead atoms. The summed E-state index contributed by atoms with van der Waals surface area (Å²) in [7, 11) is 0.